The number of aromatic nitrogens is 3. The predicted molar refractivity (Wildman–Crippen MR) is 109 cm³/mol. The van der Waals surface area contributed by atoms with Crippen LogP contribution < -0.4 is 10.6 Å². The quantitative estimate of drug-likeness (QED) is 0.312. The summed E-state index contributed by atoms with van der Waals surface area (Å²) in [7, 11) is 1.67. The zero-order valence-electron chi connectivity index (χ0n) is 16.0. The largest absolute Gasteiger partial charge is 0.377 e. The number of aliphatic imine (C=N–C) groups is 1. The summed E-state index contributed by atoms with van der Waals surface area (Å²) in [6.45, 7) is 4.96. The molecule has 27 heavy (non-hydrogen) atoms. The van der Waals surface area contributed by atoms with Gasteiger partial charge in [0.25, 0.3) is 0 Å². The first-order chi connectivity index (χ1) is 13.3. The minimum atomic E-state index is 0.300. The maximum absolute atomic E-state index is 5.13. The Hall–Kier alpha value is -2.06. The minimum absolute atomic E-state index is 0.300. The van der Waals surface area contributed by atoms with Crippen molar-refractivity contribution in [2.24, 2.45) is 4.99 Å². The Kier molecular flexibility index (Phi) is 7.53. The third kappa shape index (κ3) is 5.97. The normalized spacial score (nSPS) is 16.8. The van der Waals surface area contributed by atoms with E-state index in [2.05, 4.69) is 51.9 Å². The molecule has 146 valence electrons. The monoisotopic (exact) mass is 388 g/mol. The lowest BCUT2D eigenvalue weighted by molar-refractivity contribution is 0.177. The summed E-state index contributed by atoms with van der Waals surface area (Å²) in [6, 6.07) is 10.7. The van der Waals surface area contributed by atoms with Crippen molar-refractivity contribution in [3.63, 3.8) is 0 Å². The molecule has 0 saturated carbocycles. The van der Waals surface area contributed by atoms with E-state index in [1.54, 1.807) is 7.11 Å². The molecule has 2 N–H and O–H groups in total. The summed E-state index contributed by atoms with van der Waals surface area (Å²) in [4.78, 5) is 10.5. The van der Waals surface area contributed by atoms with Crippen LogP contribution in [-0.2, 0) is 24.3 Å². The van der Waals surface area contributed by atoms with Crippen molar-refractivity contribution in [1.29, 1.82) is 0 Å². The van der Waals surface area contributed by atoms with Gasteiger partial charge in [-0.05, 0) is 25.5 Å². The van der Waals surface area contributed by atoms with Crippen molar-refractivity contribution in [3.05, 3.63) is 42.0 Å². The van der Waals surface area contributed by atoms with Gasteiger partial charge in [0.15, 0.2) is 11.8 Å². The van der Waals surface area contributed by atoms with E-state index < -0.39 is 0 Å². The number of benzene rings is 1. The topological polar surface area (TPSA) is 76.4 Å². The van der Waals surface area contributed by atoms with E-state index in [9.17, 15) is 0 Å². The molecule has 7 nitrogen and oxygen atoms in total. The summed E-state index contributed by atoms with van der Waals surface area (Å²) in [5.41, 5.74) is 0. The predicted octanol–water partition coefficient (Wildman–Crippen LogP) is 2.09. The second-order valence-electron chi connectivity index (χ2n) is 6.36. The van der Waals surface area contributed by atoms with Gasteiger partial charge in [0.05, 0.1) is 13.1 Å². The lowest BCUT2D eigenvalue weighted by atomic mass is 10.1. The van der Waals surface area contributed by atoms with Crippen LogP contribution in [0.15, 0.2) is 40.2 Å². The number of thioether (sulfide) groups is 1. The summed E-state index contributed by atoms with van der Waals surface area (Å²) in [5, 5.41) is 11.4. The molecule has 0 saturated heterocycles. The van der Waals surface area contributed by atoms with Crippen LogP contribution in [0.3, 0.4) is 0 Å². The number of fused-ring (bicyclic) bond motifs is 1. The highest BCUT2D eigenvalue weighted by atomic mass is 32.2. The first kappa shape index (κ1) is 19.7. The van der Waals surface area contributed by atoms with E-state index >= 15 is 0 Å². The van der Waals surface area contributed by atoms with Crippen LogP contribution in [0.5, 0.6) is 0 Å². The molecule has 1 unspecified atom stereocenters. The van der Waals surface area contributed by atoms with Gasteiger partial charge in [0.2, 0.25) is 0 Å². The summed E-state index contributed by atoms with van der Waals surface area (Å²) < 4.78 is 7.12. The highest BCUT2D eigenvalue weighted by Crippen LogP contribution is 2.16. The molecule has 1 aromatic heterocycles. The second kappa shape index (κ2) is 10.3. The van der Waals surface area contributed by atoms with Crippen molar-refractivity contribution in [1.82, 2.24) is 25.4 Å². The van der Waals surface area contributed by atoms with Gasteiger partial charge in [-0.25, -0.2) is 9.67 Å². The Morgan fingerprint density at radius 3 is 3.00 bits per heavy atom. The Labute approximate surface area is 165 Å². The molecule has 0 radical (unpaired) electrons. The van der Waals surface area contributed by atoms with Gasteiger partial charge in [-0.3, -0.25) is 4.99 Å². The van der Waals surface area contributed by atoms with Crippen LogP contribution in [0.4, 0.5) is 0 Å². The molecule has 1 aliphatic heterocycles. The number of rotatable bonds is 8. The van der Waals surface area contributed by atoms with Crippen LogP contribution in [0, 0.1) is 0 Å². The Bertz CT molecular complexity index is 733. The van der Waals surface area contributed by atoms with Crippen molar-refractivity contribution in [3.8, 4) is 0 Å². The number of ether oxygens (including phenoxy) is 1. The summed E-state index contributed by atoms with van der Waals surface area (Å²) in [5.74, 6) is 3.63. The number of nitrogens with one attached hydrogen (secondary N) is 2. The number of nitrogens with zero attached hydrogens (tertiary/aromatic N) is 4. The van der Waals surface area contributed by atoms with E-state index in [-0.39, 0.29) is 0 Å². The van der Waals surface area contributed by atoms with Crippen LogP contribution in [0.25, 0.3) is 0 Å². The molecule has 1 aliphatic rings. The van der Waals surface area contributed by atoms with Gasteiger partial charge in [-0.15, -0.1) is 11.8 Å². The molecule has 0 fully saturated rings. The molecule has 0 bridgehead atoms. The van der Waals surface area contributed by atoms with E-state index in [1.165, 1.54) is 4.90 Å². The molecule has 0 aliphatic carbocycles. The molecule has 0 amide bonds. The maximum Gasteiger partial charge on any atom is 0.191 e. The SMILES string of the molecule is CCNC(=NCCSc1ccccc1)NC1CCc2nc(COC)nn2C1. The number of methoxy groups -OCH3 is 1. The van der Waals surface area contributed by atoms with Crippen molar-refractivity contribution in [2.45, 2.75) is 43.9 Å². The zero-order chi connectivity index (χ0) is 18.9. The Balaban J connectivity index is 1.51. The van der Waals surface area contributed by atoms with Crippen LogP contribution >= 0.6 is 11.8 Å². The highest BCUT2D eigenvalue weighted by molar-refractivity contribution is 7.99. The van der Waals surface area contributed by atoms with E-state index in [0.717, 1.165) is 55.8 Å². The third-order valence-electron chi connectivity index (χ3n) is 4.23. The molecular weight excluding hydrogens is 360 g/mol. The smallest absolute Gasteiger partial charge is 0.191 e. The summed E-state index contributed by atoms with van der Waals surface area (Å²) in [6.07, 6.45) is 1.94. The first-order valence-corrected chi connectivity index (χ1v) is 10.4. The van der Waals surface area contributed by atoms with Crippen molar-refractivity contribution in [2.75, 3.05) is 26.0 Å². The van der Waals surface area contributed by atoms with E-state index in [1.807, 2.05) is 22.5 Å². The van der Waals surface area contributed by atoms with Crippen LogP contribution in [0.1, 0.15) is 25.0 Å². The van der Waals surface area contributed by atoms with Gasteiger partial charge in [0, 0.05) is 36.8 Å². The van der Waals surface area contributed by atoms with E-state index in [0.29, 0.717) is 12.6 Å². The lowest BCUT2D eigenvalue weighted by Crippen LogP contribution is -2.47. The molecule has 1 aromatic carbocycles. The van der Waals surface area contributed by atoms with Gasteiger partial charge in [0.1, 0.15) is 12.4 Å². The lowest BCUT2D eigenvalue weighted by Gasteiger charge is -2.25. The fourth-order valence-electron chi connectivity index (χ4n) is 3.02. The average Bonchev–Trinajstić information content (AvgIpc) is 3.08. The van der Waals surface area contributed by atoms with Crippen molar-refractivity contribution >= 4 is 17.7 Å². The Morgan fingerprint density at radius 1 is 1.37 bits per heavy atom. The zero-order valence-corrected chi connectivity index (χ0v) is 16.8. The molecule has 3 rings (SSSR count). The van der Waals surface area contributed by atoms with Gasteiger partial charge >= 0.3 is 0 Å². The molecular formula is C19H28N6OS. The maximum atomic E-state index is 5.13. The molecule has 8 heteroatoms. The Morgan fingerprint density at radius 2 is 2.22 bits per heavy atom. The first-order valence-electron chi connectivity index (χ1n) is 9.42. The second-order valence-corrected chi connectivity index (χ2v) is 7.53. The van der Waals surface area contributed by atoms with Gasteiger partial charge < -0.3 is 15.4 Å². The number of aryl methyl sites for hydroxylation is 1. The number of hydrogen-bond donors (Lipinski definition) is 2. The van der Waals surface area contributed by atoms with E-state index in [4.69, 9.17) is 9.73 Å². The molecule has 2 heterocycles. The molecule has 2 aromatic rings. The van der Waals surface area contributed by atoms with Gasteiger partial charge in [-0.2, -0.15) is 5.10 Å². The van der Waals surface area contributed by atoms with Crippen LogP contribution in [0.2, 0.25) is 0 Å². The van der Waals surface area contributed by atoms with Crippen molar-refractivity contribution < 1.29 is 4.74 Å². The molecule has 0 spiro atoms. The fourth-order valence-corrected chi connectivity index (χ4v) is 3.79. The number of hydrogen-bond acceptors (Lipinski definition) is 5. The minimum Gasteiger partial charge on any atom is -0.377 e. The van der Waals surface area contributed by atoms with Crippen LogP contribution in [-0.4, -0.2) is 52.7 Å². The fraction of sp³-hybridized carbons (Fsp3) is 0.526. The summed E-state index contributed by atoms with van der Waals surface area (Å²) >= 11 is 1.83. The van der Waals surface area contributed by atoms with Gasteiger partial charge in [-0.1, -0.05) is 18.2 Å². The molecule has 1 atom stereocenters. The highest BCUT2D eigenvalue weighted by Gasteiger charge is 2.22. The standard InChI is InChI=1S/C19H28N6OS/c1-3-20-19(21-11-12-27-16-7-5-4-6-8-16)22-15-9-10-18-23-17(14-26-2)24-25(18)13-15/h4-8,15H,3,9-14H2,1-2H3,(H2,20,21,22). The third-order valence-corrected chi connectivity index (χ3v) is 5.23. The number of guanidine groups is 1. The average molecular weight is 389 g/mol.